The Labute approximate surface area is 165 Å². The molecule has 0 spiro atoms. The molecule has 7 nitrogen and oxygen atoms in total. The van der Waals surface area contributed by atoms with Crippen molar-refractivity contribution in [2.75, 3.05) is 19.0 Å². The number of primary amides is 1. The highest BCUT2D eigenvalue weighted by Gasteiger charge is 2.16. The first-order valence-electron chi connectivity index (χ1n) is 8.63. The molecule has 0 saturated heterocycles. The van der Waals surface area contributed by atoms with Gasteiger partial charge in [0, 0.05) is 23.9 Å². The van der Waals surface area contributed by atoms with Crippen molar-refractivity contribution in [3.05, 3.63) is 59.8 Å². The average molecular weight is 400 g/mol. The molecule has 1 heterocycles. The van der Waals surface area contributed by atoms with E-state index < -0.39 is 17.5 Å². The Balaban J connectivity index is 1.98. The number of halogens is 2. The fourth-order valence-corrected chi connectivity index (χ4v) is 2.68. The summed E-state index contributed by atoms with van der Waals surface area (Å²) in [6.45, 7) is 2.13. The summed E-state index contributed by atoms with van der Waals surface area (Å²) < 4.78 is 38.4. The van der Waals surface area contributed by atoms with E-state index in [0.29, 0.717) is 23.6 Å². The second-order valence-electron chi connectivity index (χ2n) is 5.86. The lowest BCUT2D eigenvalue weighted by molar-refractivity contribution is 0.0997. The molecular weight excluding hydrogens is 382 g/mol. The van der Waals surface area contributed by atoms with Crippen molar-refractivity contribution in [3.8, 4) is 22.8 Å². The average Bonchev–Trinajstić information content (AvgIpc) is 2.69. The van der Waals surface area contributed by atoms with Gasteiger partial charge in [0.1, 0.15) is 23.1 Å². The first-order valence-corrected chi connectivity index (χ1v) is 8.63. The molecule has 0 fully saturated rings. The summed E-state index contributed by atoms with van der Waals surface area (Å²) in [7, 11) is 1.31. The number of nitrogens with zero attached hydrogens (tertiary/aromatic N) is 2. The van der Waals surface area contributed by atoms with Crippen LogP contribution >= 0.6 is 0 Å². The fourth-order valence-electron chi connectivity index (χ4n) is 2.68. The molecule has 0 radical (unpaired) electrons. The smallest absolute Gasteiger partial charge is 0.252 e. The second kappa shape index (κ2) is 8.51. The van der Waals surface area contributed by atoms with Gasteiger partial charge in [-0.05, 0) is 31.2 Å². The molecule has 1 amide bonds. The van der Waals surface area contributed by atoms with Crippen LogP contribution in [0, 0.1) is 11.6 Å². The number of aromatic nitrogens is 2. The Morgan fingerprint density at radius 1 is 1.17 bits per heavy atom. The quantitative estimate of drug-likeness (QED) is 0.628. The van der Waals surface area contributed by atoms with Crippen LogP contribution in [0.2, 0.25) is 0 Å². The Hall–Kier alpha value is -3.75. The van der Waals surface area contributed by atoms with Crippen molar-refractivity contribution in [2.24, 2.45) is 5.73 Å². The van der Waals surface area contributed by atoms with E-state index in [4.69, 9.17) is 15.2 Å². The zero-order valence-electron chi connectivity index (χ0n) is 15.7. The number of anilines is 2. The van der Waals surface area contributed by atoms with Gasteiger partial charge in [-0.25, -0.2) is 18.7 Å². The van der Waals surface area contributed by atoms with Crippen molar-refractivity contribution in [1.82, 2.24) is 9.97 Å². The molecule has 3 rings (SSSR count). The first kappa shape index (κ1) is 20.0. The number of benzene rings is 2. The minimum Gasteiger partial charge on any atom is -0.496 e. The van der Waals surface area contributed by atoms with Gasteiger partial charge in [0.05, 0.1) is 30.7 Å². The summed E-state index contributed by atoms with van der Waals surface area (Å²) in [5.41, 5.74) is 6.25. The molecule has 2 aromatic carbocycles. The molecule has 0 bridgehead atoms. The Morgan fingerprint density at radius 3 is 2.66 bits per heavy atom. The third-order valence-corrected chi connectivity index (χ3v) is 3.98. The number of nitrogens with one attached hydrogen (secondary N) is 1. The Bertz CT molecular complexity index is 1060. The molecule has 0 aliphatic carbocycles. The lowest BCUT2D eigenvalue weighted by Gasteiger charge is -2.13. The summed E-state index contributed by atoms with van der Waals surface area (Å²) in [5, 5.41) is 2.72. The van der Waals surface area contributed by atoms with Crippen molar-refractivity contribution >= 4 is 17.5 Å². The van der Waals surface area contributed by atoms with Crippen LogP contribution in [0.4, 0.5) is 20.4 Å². The molecule has 3 N–H and O–H groups in total. The van der Waals surface area contributed by atoms with Gasteiger partial charge in [-0.2, -0.15) is 0 Å². The minimum absolute atomic E-state index is 0.00437. The van der Waals surface area contributed by atoms with Crippen LogP contribution in [-0.4, -0.2) is 29.6 Å². The van der Waals surface area contributed by atoms with Gasteiger partial charge in [-0.1, -0.05) is 0 Å². The number of rotatable bonds is 7. The first-order chi connectivity index (χ1) is 13.9. The van der Waals surface area contributed by atoms with Gasteiger partial charge in [0.2, 0.25) is 5.95 Å². The van der Waals surface area contributed by atoms with Gasteiger partial charge in [0.25, 0.3) is 5.91 Å². The molecule has 29 heavy (non-hydrogen) atoms. The van der Waals surface area contributed by atoms with Crippen LogP contribution in [0.25, 0.3) is 11.3 Å². The summed E-state index contributed by atoms with van der Waals surface area (Å²) >= 11 is 0. The summed E-state index contributed by atoms with van der Waals surface area (Å²) in [4.78, 5) is 20.0. The highest BCUT2D eigenvalue weighted by Crippen LogP contribution is 2.31. The molecule has 0 aliphatic rings. The number of carbonyl (C=O) groups is 1. The standard InChI is InChI=1S/C20H18F2N4O3/c1-3-29-18-8-11(21)4-5-12(18)15-6-7-24-20(25-15)26-16-9-13(19(23)27)17(28-2)10-14(16)22/h4-10H,3H2,1-2H3,(H2,23,27)(H,24,25,26). The number of ether oxygens (including phenoxy) is 2. The number of nitrogens with two attached hydrogens (primary N) is 1. The highest BCUT2D eigenvalue weighted by atomic mass is 19.1. The van der Waals surface area contributed by atoms with E-state index in [9.17, 15) is 13.6 Å². The third-order valence-electron chi connectivity index (χ3n) is 3.98. The topological polar surface area (TPSA) is 99.4 Å². The van der Waals surface area contributed by atoms with E-state index in [2.05, 4.69) is 15.3 Å². The molecule has 9 heteroatoms. The van der Waals surface area contributed by atoms with Crippen LogP contribution in [-0.2, 0) is 0 Å². The van der Waals surface area contributed by atoms with E-state index in [1.54, 1.807) is 13.0 Å². The minimum atomic E-state index is -0.771. The maximum atomic E-state index is 14.4. The van der Waals surface area contributed by atoms with E-state index in [1.807, 2.05) is 0 Å². The lowest BCUT2D eigenvalue weighted by atomic mass is 10.1. The van der Waals surface area contributed by atoms with Gasteiger partial charge in [-0.15, -0.1) is 0 Å². The molecule has 150 valence electrons. The summed E-state index contributed by atoms with van der Waals surface area (Å²) in [6, 6.07) is 7.95. The number of amides is 1. The van der Waals surface area contributed by atoms with Gasteiger partial charge in [-0.3, -0.25) is 4.79 Å². The number of methoxy groups -OCH3 is 1. The summed E-state index contributed by atoms with van der Waals surface area (Å²) in [5.74, 6) is -1.49. The second-order valence-corrected chi connectivity index (χ2v) is 5.86. The van der Waals surface area contributed by atoms with Gasteiger partial charge in [0.15, 0.2) is 0 Å². The van der Waals surface area contributed by atoms with E-state index in [-0.39, 0.29) is 22.9 Å². The SMILES string of the molecule is CCOc1cc(F)ccc1-c1ccnc(Nc2cc(C(N)=O)c(OC)cc2F)n1. The van der Waals surface area contributed by atoms with Crippen LogP contribution in [0.1, 0.15) is 17.3 Å². The van der Waals surface area contributed by atoms with Crippen molar-refractivity contribution in [3.63, 3.8) is 0 Å². The monoisotopic (exact) mass is 400 g/mol. The normalized spacial score (nSPS) is 10.5. The van der Waals surface area contributed by atoms with Crippen LogP contribution in [0.15, 0.2) is 42.6 Å². The van der Waals surface area contributed by atoms with Gasteiger partial charge >= 0.3 is 0 Å². The van der Waals surface area contributed by atoms with Crippen LogP contribution < -0.4 is 20.5 Å². The molecule has 0 atom stereocenters. The maximum Gasteiger partial charge on any atom is 0.252 e. The number of hydrogen-bond donors (Lipinski definition) is 2. The predicted molar refractivity (Wildman–Crippen MR) is 103 cm³/mol. The molecule has 0 saturated carbocycles. The largest absolute Gasteiger partial charge is 0.496 e. The molecule has 0 unspecified atom stereocenters. The maximum absolute atomic E-state index is 14.4. The number of hydrogen-bond acceptors (Lipinski definition) is 6. The molecule has 0 aliphatic heterocycles. The van der Waals surface area contributed by atoms with Crippen molar-refractivity contribution in [1.29, 1.82) is 0 Å². The van der Waals surface area contributed by atoms with E-state index in [1.165, 1.54) is 37.6 Å². The van der Waals surface area contributed by atoms with Crippen LogP contribution in [0.3, 0.4) is 0 Å². The van der Waals surface area contributed by atoms with Crippen LogP contribution in [0.5, 0.6) is 11.5 Å². The van der Waals surface area contributed by atoms with Crippen molar-refractivity contribution < 1.29 is 23.0 Å². The predicted octanol–water partition coefficient (Wildman–Crippen LogP) is 3.67. The zero-order chi connectivity index (χ0) is 21.0. The lowest BCUT2D eigenvalue weighted by Crippen LogP contribution is -2.13. The number of carbonyl (C=O) groups excluding carboxylic acids is 1. The van der Waals surface area contributed by atoms with Gasteiger partial charge < -0.3 is 20.5 Å². The Morgan fingerprint density at radius 2 is 1.97 bits per heavy atom. The summed E-state index contributed by atoms with van der Waals surface area (Å²) in [6.07, 6.45) is 1.46. The van der Waals surface area contributed by atoms with Crippen molar-refractivity contribution in [2.45, 2.75) is 6.92 Å². The Kier molecular flexibility index (Phi) is 5.87. The van der Waals surface area contributed by atoms with E-state index in [0.717, 1.165) is 6.07 Å². The third kappa shape index (κ3) is 4.40. The highest BCUT2D eigenvalue weighted by molar-refractivity contribution is 5.96. The fraction of sp³-hybridized carbons (Fsp3) is 0.150. The molecule has 3 aromatic rings. The van der Waals surface area contributed by atoms with E-state index >= 15 is 0 Å². The molecule has 1 aromatic heterocycles. The zero-order valence-corrected chi connectivity index (χ0v) is 15.7. The molecular formula is C20H18F2N4O3.